The monoisotopic (exact) mass is 425 g/mol. The standard InChI is InChI=1S/C23H20FNO4S/c1-30-16-7-4-13(5-8-16)20-19-21(26)17-11-14(24)6-9-18(17)29-22(19)23(27)25(20)12-15-3-2-10-28-15/h4-9,11,15,20H,2-3,10,12H2,1H3/t15-,20-/m1/s1. The van der Waals surface area contributed by atoms with Gasteiger partial charge in [-0.15, -0.1) is 11.8 Å². The minimum Gasteiger partial charge on any atom is -0.450 e. The highest BCUT2D eigenvalue weighted by Crippen LogP contribution is 2.39. The lowest BCUT2D eigenvalue weighted by molar-refractivity contribution is 0.0486. The topological polar surface area (TPSA) is 59.8 Å². The molecular formula is C23H20FNO4S. The third-order valence-corrected chi connectivity index (χ3v) is 6.53. The second-order valence-electron chi connectivity index (χ2n) is 7.58. The van der Waals surface area contributed by atoms with E-state index in [-0.39, 0.29) is 39.7 Å². The number of benzene rings is 2. The molecule has 3 heterocycles. The van der Waals surface area contributed by atoms with Gasteiger partial charge in [0.1, 0.15) is 11.4 Å². The largest absolute Gasteiger partial charge is 0.450 e. The van der Waals surface area contributed by atoms with Crippen molar-refractivity contribution in [1.29, 1.82) is 0 Å². The molecule has 30 heavy (non-hydrogen) atoms. The first-order chi connectivity index (χ1) is 14.6. The Morgan fingerprint density at radius 2 is 1.97 bits per heavy atom. The molecule has 1 fully saturated rings. The number of carbonyl (C=O) groups excluding carboxylic acids is 1. The summed E-state index contributed by atoms with van der Waals surface area (Å²) in [5.74, 6) is -0.810. The Labute approximate surface area is 176 Å². The van der Waals surface area contributed by atoms with Gasteiger partial charge in [0.25, 0.3) is 5.91 Å². The highest BCUT2D eigenvalue weighted by atomic mass is 32.2. The molecule has 0 radical (unpaired) electrons. The maximum Gasteiger partial charge on any atom is 0.291 e. The summed E-state index contributed by atoms with van der Waals surface area (Å²) in [5.41, 5.74) is 0.936. The van der Waals surface area contributed by atoms with Crippen LogP contribution in [-0.4, -0.2) is 36.3 Å². The Kier molecular flexibility index (Phi) is 4.87. The van der Waals surface area contributed by atoms with Crippen molar-refractivity contribution < 1.29 is 18.3 Å². The maximum atomic E-state index is 13.8. The van der Waals surface area contributed by atoms with E-state index in [4.69, 9.17) is 9.15 Å². The van der Waals surface area contributed by atoms with Gasteiger partial charge in [-0.1, -0.05) is 12.1 Å². The summed E-state index contributed by atoms with van der Waals surface area (Å²) in [6, 6.07) is 11.0. The van der Waals surface area contributed by atoms with E-state index < -0.39 is 11.9 Å². The van der Waals surface area contributed by atoms with E-state index in [0.717, 1.165) is 23.3 Å². The molecule has 2 aliphatic rings. The molecule has 1 aromatic heterocycles. The molecule has 154 valence electrons. The highest BCUT2D eigenvalue weighted by Gasteiger charge is 2.43. The van der Waals surface area contributed by atoms with Gasteiger partial charge < -0.3 is 14.1 Å². The van der Waals surface area contributed by atoms with Crippen LogP contribution in [0.1, 0.15) is 40.6 Å². The summed E-state index contributed by atoms with van der Waals surface area (Å²) in [6.45, 7) is 1.05. The second-order valence-corrected chi connectivity index (χ2v) is 8.46. The average molecular weight is 425 g/mol. The van der Waals surface area contributed by atoms with Crippen molar-refractivity contribution in [2.24, 2.45) is 0 Å². The summed E-state index contributed by atoms with van der Waals surface area (Å²) in [5, 5.41) is 0.145. The van der Waals surface area contributed by atoms with Gasteiger partial charge in [-0.3, -0.25) is 9.59 Å². The van der Waals surface area contributed by atoms with Crippen LogP contribution >= 0.6 is 11.8 Å². The van der Waals surface area contributed by atoms with E-state index in [9.17, 15) is 14.0 Å². The van der Waals surface area contributed by atoms with Crippen LogP contribution in [-0.2, 0) is 4.74 Å². The number of hydrogen-bond donors (Lipinski definition) is 0. The zero-order valence-corrected chi connectivity index (χ0v) is 17.2. The lowest BCUT2D eigenvalue weighted by Crippen LogP contribution is -2.36. The fourth-order valence-corrected chi connectivity index (χ4v) is 4.73. The Bertz CT molecular complexity index is 1180. The van der Waals surface area contributed by atoms with Gasteiger partial charge in [0.15, 0.2) is 5.43 Å². The van der Waals surface area contributed by atoms with Crippen LogP contribution in [0, 0.1) is 5.82 Å². The zero-order chi connectivity index (χ0) is 20.8. The first-order valence-corrected chi connectivity index (χ1v) is 11.1. The van der Waals surface area contributed by atoms with Crippen LogP contribution in [0.15, 0.2) is 56.6 Å². The molecule has 0 unspecified atom stereocenters. The maximum absolute atomic E-state index is 13.8. The van der Waals surface area contributed by atoms with E-state index in [0.29, 0.717) is 13.2 Å². The van der Waals surface area contributed by atoms with Crippen LogP contribution in [0.3, 0.4) is 0 Å². The van der Waals surface area contributed by atoms with Gasteiger partial charge >= 0.3 is 0 Å². The minimum atomic E-state index is -0.587. The smallest absolute Gasteiger partial charge is 0.291 e. The second kappa shape index (κ2) is 7.56. The van der Waals surface area contributed by atoms with Gasteiger partial charge in [0.05, 0.1) is 23.1 Å². The molecule has 7 heteroatoms. The summed E-state index contributed by atoms with van der Waals surface area (Å²) in [7, 11) is 0. The molecule has 0 bridgehead atoms. The van der Waals surface area contributed by atoms with Gasteiger partial charge in [0.2, 0.25) is 5.76 Å². The molecule has 5 nitrogen and oxygen atoms in total. The first-order valence-electron chi connectivity index (χ1n) is 9.89. The van der Waals surface area contributed by atoms with Crippen LogP contribution < -0.4 is 5.43 Å². The van der Waals surface area contributed by atoms with E-state index >= 15 is 0 Å². The molecule has 3 aromatic rings. The third kappa shape index (κ3) is 3.13. The summed E-state index contributed by atoms with van der Waals surface area (Å²) in [6.07, 6.45) is 3.74. The molecule has 2 aromatic carbocycles. The molecular weight excluding hydrogens is 405 g/mol. The number of hydrogen-bond acceptors (Lipinski definition) is 5. The predicted molar refractivity (Wildman–Crippen MR) is 113 cm³/mol. The van der Waals surface area contributed by atoms with E-state index in [1.807, 2.05) is 30.5 Å². The summed E-state index contributed by atoms with van der Waals surface area (Å²) in [4.78, 5) is 29.4. The lowest BCUT2D eigenvalue weighted by atomic mass is 9.98. The Hall–Kier alpha value is -2.64. The van der Waals surface area contributed by atoms with Crippen LogP contribution in [0.4, 0.5) is 4.39 Å². The molecule has 2 atom stereocenters. The number of thioether (sulfide) groups is 1. The number of halogens is 1. The fraction of sp³-hybridized carbons (Fsp3) is 0.304. The number of fused-ring (bicyclic) bond motifs is 2. The normalized spacial score (nSPS) is 20.9. The number of rotatable bonds is 4. The quantitative estimate of drug-likeness (QED) is 0.581. The molecule has 0 saturated carbocycles. The molecule has 2 aliphatic heterocycles. The van der Waals surface area contributed by atoms with Crippen molar-refractivity contribution in [3.8, 4) is 0 Å². The molecule has 0 spiro atoms. The molecule has 0 N–H and O–H groups in total. The van der Waals surface area contributed by atoms with Crippen LogP contribution in [0.25, 0.3) is 11.0 Å². The van der Waals surface area contributed by atoms with Crippen molar-refractivity contribution in [2.45, 2.75) is 29.9 Å². The number of amides is 1. The average Bonchev–Trinajstić information content (AvgIpc) is 3.37. The van der Waals surface area contributed by atoms with E-state index in [1.165, 1.54) is 18.2 Å². The van der Waals surface area contributed by atoms with Crippen LogP contribution in [0.2, 0.25) is 0 Å². The summed E-state index contributed by atoms with van der Waals surface area (Å²) >= 11 is 1.62. The SMILES string of the molecule is CSc1ccc([C@@H]2c3c(oc4ccc(F)cc4c3=O)C(=O)N2C[C@H]2CCCO2)cc1. The van der Waals surface area contributed by atoms with Gasteiger partial charge in [-0.2, -0.15) is 0 Å². The first kappa shape index (κ1) is 19.3. The minimum absolute atomic E-state index is 0.0380. The van der Waals surface area contributed by atoms with Gasteiger partial charge in [-0.05, 0) is 55.0 Å². The van der Waals surface area contributed by atoms with E-state index in [1.54, 1.807) is 16.7 Å². The zero-order valence-electron chi connectivity index (χ0n) is 16.4. The number of carbonyl (C=O) groups is 1. The lowest BCUT2D eigenvalue weighted by Gasteiger charge is -2.27. The molecule has 1 saturated heterocycles. The van der Waals surface area contributed by atoms with Crippen LogP contribution in [0.5, 0.6) is 0 Å². The van der Waals surface area contributed by atoms with Gasteiger partial charge in [0, 0.05) is 18.0 Å². The van der Waals surface area contributed by atoms with Crippen molar-refractivity contribution in [1.82, 2.24) is 4.90 Å². The Balaban J connectivity index is 1.69. The van der Waals surface area contributed by atoms with Crippen molar-refractivity contribution in [3.63, 3.8) is 0 Å². The summed E-state index contributed by atoms with van der Waals surface area (Å²) < 4.78 is 25.4. The van der Waals surface area contributed by atoms with Gasteiger partial charge in [-0.25, -0.2) is 4.39 Å². The molecule has 1 amide bonds. The third-order valence-electron chi connectivity index (χ3n) is 5.78. The van der Waals surface area contributed by atoms with Crippen molar-refractivity contribution >= 4 is 28.6 Å². The van der Waals surface area contributed by atoms with Crippen molar-refractivity contribution in [2.75, 3.05) is 19.4 Å². The number of nitrogens with zero attached hydrogens (tertiary/aromatic N) is 1. The van der Waals surface area contributed by atoms with Crippen molar-refractivity contribution in [3.05, 3.63) is 75.4 Å². The highest BCUT2D eigenvalue weighted by molar-refractivity contribution is 7.98. The Morgan fingerprint density at radius 1 is 1.17 bits per heavy atom. The Morgan fingerprint density at radius 3 is 2.67 bits per heavy atom. The predicted octanol–water partition coefficient (Wildman–Crippen LogP) is 4.38. The number of ether oxygens (including phenoxy) is 1. The van der Waals surface area contributed by atoms with E-state index in [2.05, 4.69) is 0 Å². The molecule has 0 aliphatic carbocycles. The molecule has 5 rings (SSSR count). The fourth-order valence-electron chi connectivity index (χ4n) is 4.32.